The Hall–Kier alpha value is -0.940. The number of rotatable bonds is 4. The van der Waals surface area contributed by atoms with Crippen LogP contribution in [0.1, 0.15) is 75.3 Å². The molecule has 1 aromatic rings. The van der Waals surface area contributed by atoms with Crippen molar-refractivity contribution in [2.45, 2.75) is 89.7 Å². The predicted molar refractivity (Wildman–Crippen MR) is 102 cm³/mol. The Morgan fingerprint density at radius 3 is 2.73 bits per heavy atom. The van der Waals surface area contributed by atoms with Crippen molar-refractivity contribution in [2.24, 2.45) is 22.2 Å². The van der Waals surface area contributed by atoms with Crippen molar-refractivity contribution in [3.63, 3.8) is 0 Å². The number of aliphatic hydroxyl groups is 1. The number of aryl methyl sites for hydroxylation is 1. The molecule has 1 N–H and O–H groups in total. The number of thiazole rings is 1. The summed E-state index contributed by atoms with van der Waals surface area (Å²) in [6.07, 6.45) is 11.4. The first-order chi connectivity index (χ1) is 12.5. The van der Waals surface area contributed by atoms with Gasteiger partial charge in [0.05, 0.1) is 11.0 Å². The number of hydrogen-bond donors (Lipinski definition) is 1. The summed E-state index contributed by atoms with van der Waals surface area (Å²) in [6.45, 7) is 3.20. The number of fused-ring (bicyclic) bond motifs is 1. The van der Waals surface area contributed by atoms with Gasteiger partial charge in [-0.15, -0.1) is 11.3 Å². The smallest absolute Gasteiger partial charge is 0.254 e. The van der Waals surface area contributed by atoms with E-state index in [0.29, 0.717) is 18.3 Å². The first kappa shape index (κ1) is 17.2. The molecule has 2 unspecified atom stereocenters. The van der Waals surface area contributed by atoms with Crippen LogP contribution in [0, 0.1) is 17.3 Å². The van der Waals surface area contributed by atoms with Gasteiger partial charge in [-0.25, -0.2) is 0 Å². The summed E-state index contributed by atoms with van der Waals surface area (Å²) in [5.41, 5.74) is 0.458. The van der Waals surface area contributed by atoms with Crippen molar-refractivity contribution in [1.82, 2.24) is 4.57 Å². The molecule has 2 atom stereocenters. The van der Waals surface area contributed by atoms with Crippen LogP contribution >= 0.6 is 11.3 Å². The van der Waals surface area contributed by atoms with Crippen molar-refractivity contribution in [2.75, 3.05) is 0 Å². The molecule has 1 heterocycles. The fourth-order valence-electron chi connectivity index (χ4n) is 6.68. The van der Waals surface area contributed by atoms with E-state index in [4.69, 9.17) is 4.99 Å². The second-order valence-electron chi connectivity index (χ2n) is 9.50. The van der Waals surface area contributed by atoms with E-state index in [1.807, 2.05) is 0 Å². The number of nitrogens with zero attached hydrogens (tertiary/aromatic N) is 2. The molecular formula is C21H30N2O2S. The Bertz CT molecular complexity index is 791. The van der Waals surface area contributed by atoms with Gasteiger partial charge in [-0.05, 0) is 76.0 Å². The number of unbranched alkanes of at least 4 members (excludes halogenated alkanes) is 1. The SMILES string of the molecule is CCCCn1c2c(s/c1=N\C(=O)C13CC4CC(CC(O)(C4)C1)C3)CCC2. The van der Waals surface area contributed by atoms with Crippen molar-refractivity contribution >= 4 is 17.2 Å². The zero-order valence-electron chi connectivity index (χ0n) is 15.8. The van der Waals surface area contributed by atoms with Crippen molar-refractivity contribution in [3.05, 3.63) is 15.4 Å². The van der Waals surface area contributed by atoms with Crippen molar-refractivity contribution in [1.29, 1.82) is 0 Å². The maximum atomic E-state index is 13.4. The normalized spacial score (nSPS) is 38.2. The van der Waals surface area contributed by atoms with Gasteiger partial charge in [-0.3, -0.25) is 4.79 Å². The highest BCUT2D eigenvalue weighted by atomic mass is 32.1. The van der Waals surface area contributed by atoms with Gasteiger partial charge < -0.3 is 9.67 Å². The van der Waals surface area contributed by atoms with Crippen LogP contribution in [0.2, 0.25) is 0 Å². The Balaban J connectivity index is 1.50. The number of amides is 1. The maximum absolute atomic E-state index is 13.4. The Labute approximate surface area is 159 Å². The molecule has 0 spiro atoms. The average Bonchev–Trinajstić information content (AvgIpc) is 3.12. The van der Waals surface area contributed by atoms with E-state index in [-0.39, 0.29) is 11.3 Å². The molecule has 4 bridgehead atoms. The van der Waals surface area contributed by atoms with E-state index < -0.39 is 5.60 Å². The first-order valence-electron chi connectivity index (χ1n) is 10.5. The lowest BCUT2D eigenvalue weighted by Gasteiger charge is -2.58. The predicted octanol–water partition coefficient (Wildman–Crippen LogP) is 3.60. The van der Waals surface area contributed by atoms with Gasteiger partial charge in [0.1, 0.15) is 0 Å². The van der Waals surface area contributed by atoms with Crippen LogP contribution in [0.4, 0.5) is 0 Å². The van der Waals surface area contributed by atoms with Crippen LogP contribution in [0.15, 0.2) is 4.99 Å². The summed E-state index contributed by atoms with van der Waals surface area (Å²) in [4.78, 5) is 20.5. The van der Waals surface area contributed by atoms with Gasteiger partial charge in [0, 0.05) is 17.1 Å². The molecule has 0 aliphatic heterocycles. The van der Waals surface area contributed by atoms with Gasteiger partial charge in [0.25, 0.3) is 5.91 Å². The Morgan fingerprint density at radius 1 is 1.27 bits per heavy atom. The molecule has 0 saturated heterocycles. The minimum Gasteiger partial charge on any atom is -0.390 e. The molecule has 0 radical (unpaired) electrons. The number of aromatic nitrogens is 1. The zero-order chi connectivity index (χ0) is 17.9. The molecule has 4 saturated carbocycles. The molecule has 6 rings (SSSR count). The molecule has 26 heavy (non-hydrogen) atoms. The monoisotopic (exact) mass is 374 g/mol. The van der Waals surface area contributed by atoms with Crippen LogP contribution < -0.4 is 4.80 Å². The minimum absolute atomic E-state index is 0.0650. The van der Waals surface area contributed by atoms with E-state index in [9.17, 15) is 9.90 Å². The summed E-state index contributed by atoms with van der Waals surface area (Å²) in [5, 5.41) is 11.0. The number of hydrogen-bond acceptors (Lipinski definition) is 3. The zero-order valence-corrected chi connectivity index (χ0v) is 16.6. The van der Waals surface area contributed by atoms with Gasteiger partial charge in [-0.2, -0.15) is 4.99 Å². The second-order valence-corrected chi connectivity index (χ2v) is 10.6. The molecule has 4 nitrogen and oxygen atoms in total. The molecule has 0 aromatic carbocycles. The topological polar surface area (TPSA) is 54.6 Å². The minimum atomic E-state index is -0.593. The van der Waals surface area contributed by atoms with E-state index in [1.165, 1.54) is 23.4 Å². The maximum Gasteiger partial charge on any atom is 0.254 e. The molecule has 5 heteroatoms. The van der Waals surface area contributed by atoms with Gasteiger partial charge in [0.2, 0.25) is 0 Å². The number of carbonyl (C=O) groups excluding carboxylic acids is 1. The van der Waals surface area contributed by atoms with Gasteiger partial charge in [-0.1, -0.05) is 13.3 Å². The molecule has 1 amide bonds. The van der Waals surface area contributed by atoms with E-state index in [1.54, 1.807) is 11.3 Å². The Kier molecular flexibility index (Phi) is 3.98. The summed E-state index contributed by atoms with van der Waals surface area (Å²) in [5.74, 6) is 1.12. The van der Waals surface area contributed by atoms with Crippen molar-refractivity contribution < 1.29 is 9.90 Å². The Morgan fingerprint density at radius 2 is 2.04 bits per heavy atom. The lowest BCUT2D eigenvalue weighted by Crippen LogP contribution is -2.58. The van der Waals surface area contributed by atoms with Crippen LogP contribution in [-0.2, 0) is 24.2 Å². The quantitative estimate of drug-likeness (QED) is 0.875. The molecule has 4 fully saturated rings. The van der Waals surface area contributed by atoms with E-state index in [2.05, 4.69) is 11.5 Å². The highest BCUT2D eigenvalue weighted by molar-refractivity contribution is 7.09. The van der Waals surface area contributed by atoms with Crippen LogP contribution in [0.25, 0.3) is 0 Å². The highest BCUT2D eigenvalue weighted by Gasteiger charge is 2.60. The molecule has 1 aromatic heterocycles. The highest BCUT2D eigenvalue weighted by Crippen LogP contribution is 2.61. The summed E-state index contributed by atoms with van der Waals surface area (Å²) in [7, 11) is 0. The van der Waals surface area contributed by atoms with Gasteiger partial charge in [0.15, 0.2) is 4.80 Å². The first-order valence-corrected chi connectivity index (χ1v) is 11.3. The molecule has 5 aliphatic rings. The lowest BCUT2D eigenvalue weighted by atomic mass is 9.47. The van der Waals surface area contributed by atoms with E-state index >= 15 is 0 Å². The van der Waals surface area contributed by atoms with Crippen LogP contribution in [0.3, 0.4) is 0 Å². The standard InChI is InChI=1S/C21H30N2O2S/c1-2-3-7-23-16-5-4-6-17(16)26-19(23)22-18(24)20-9-14-8-15(10-20)12-21(25,11-14)13-20/h14-15,25H,2-13H2,1H3/b22-19-. The summed E-state index contributed by atoms with van der Waals surface area (Å²) >= 11 is 1.74. The molecule has 5 aliphatic carbocycles. The summed E-state index contributed by atoms with van der Waals surface area (Å²) in [6, 6.07) is 0. The molecule has 142 valence electrons. The number of carbonyl (C=O) groups is 1. The van der Waals surface area contributed by atoms with Crippen LogP contribution in [-0.4, -0.2) is 21.2 Å². The van der Waals surface area contributed by atoms with Crippen molar-refractivity contribution in [3.8, 4) is 0 Å². The fourth-order valence-corrected chi connectivity index (χ4v) is 7.91. The fraction of sp³-hybridized carbons (Fsp3) is 0.810. The second kappa shape index (κ2) is 6.03. The third kappa shape index (κ3) is 2.65. The lowest BCUT2D eigenvalue weighted by molar-refractivity contribution is -0.175. The average molecular weight is 375 g/mol. The van der Waals surface area contributed by atoms with Crippen LogP contribution in [0.5, 0.6) is 0 Å². The van der Waals surface area contributed by atoms with E-state index in [0.717, 1.165) is 62.7 Å². The summed E-state index contributed by atoms with van der Waals surface area (Å²) < 4.78 is 2.34. The third-order valence-corrected chi connectivity index (χ3v) is 8.51. The molecular weight excluding hydrogens is 344 g/mol. The van der Waals surface area contributed by atoms with Gasteiger partial charge >= 0.3 is 0 Å². The third-order valence-electron chi connectivity index (χ3n) is 7.33. The largest absolute Gasteiger partial charge is 0.390 e.